The van der Waals surface area contributed by atoms with Crippen LogP contribution in [0.3, 0.4) is 0 Å². The van der Waals surface area contributed by atoms with E-state index in [-0.39, 0.29) is 19.1 Å². The lowest BCUT2D eigenvalue weighted by atomic mass is 10.1. The molecular formula is C19H23N3O3. The van der Waals surface area contributed by atoms with Crippen molar-refractivity contribution in [3.05, 3.63) is 59.7 Å². The fourth-order valence-electron chi connectivity index (χ4n) is 2.28. The van der Waals surface area contributed by atoms with Gasteiger partial charge >= 0.3 is 6.03 Å². The van der Waals surface area contributed by atoms with Gasteiger partial charge in [0.05, 0.1) is 13.0 Å². The SMILES string of the molecule is Cc1ccccc1CCNC(=O)Nc1ccc(OCCC(N)=O)cc1. The Kier molecular flexibility index (Phi) is 6.83. The van der Waals surface area contributed by atoms with Crippen LogP contribution in [0.15, 0.2) is 48.5 Å². The lowest BCUT2D eigenvalue weighted by Crippen LogP contribution is -2.30. The minimum atomic E-state index is -0.402. The van der Waals surface area contributed by atoms with Crippen molar-refractivity contribution >= 4 is 17.6 Å². The molecule has 0 spiro atoms. The number of carbonyl (C=O) groups is 2. The van der Waals surface area contributed by atoms with Gasteiger partial charge in [-0.25, -0.2) is 4.79 Å². The number of aryl methyl sites for hydroxylation is 1. The van der Waals surface area contributed by atoms with Crippen LogP contribution in [-0.2, 0) is 11.2 Å². The van der Waals surface area contributed by atoms with Crippen LogP contribution in [0, 0.1) is 6.92 Å². The molecule has 0 aliphatic carbocycles. The number of rotatable bonds is 8. The number of amides is 3. The molecule has 4 N–H and O–H groups in total. The Morgan fingerprint density at radius 1 is 1.08 bits per heavy atom. The molecule has 0 radical (unpaired) electrons. The number of benzene rings is 2. The van der Waals surface area contributed by atoms with Crippen molar-refractivity contribution in [1.82, 2.24) is 5.32 Å². The fourth-order valence-corrected chi connectivity index (χ4v) is 2.28. The third-order valence-corrected chi connectivity index (χ3v) is 3.67. The molecule has 0 aliphatic heterocycles. The Labute approximate surface area is 147 Å². The largest absolute Gasteiger partial charge is 0.493 e. The van der Waals surface area contributed by atoms with Crippen LogP contribution < -0.4 is 21.1 Å². The summed E-state index contributed by atoms with van der Waals surface area (Å²) in [7, 11) is 0. The molecule has 132 valence electrons. The molecule has 0 saturated heterocycles. The fraction of sp³-hybridized carbons (Fsp3) is 0.263. The van der Waals surface area contributed by atoms with Crippen LogP contribution in [0.5, 0.6) is 5.75 Å². The van der Waals surface area contributed by atoms with Crippen LogP contribution >= 0.6 is 0 Å². The van der Waals surface area contributed by atoms with Crippen molar-refractivity contribution in [1.29, 1.82) is 0 Å². The van der Waals surface area contributed by atoms with Gasteiger partial charge in [-0.2, -0.15) is 0 Å². The highest BCUT2D eigenvalue weighted by molar-refractivity contribution is 5.89. The van der Waals surface area contributed by atoms with Crippen molar-refractivity contribution in [3.63, 3.8) is 0 Å². The van der Waals surface area contributed by atoms with Gasteiger partial charge < -0.3 is 21.1 Å². The Morgan fingerprint density at radius 3 is 2.48 bits per heavy atom. The maximum absolute atomic E-state index is 11.9. The Morgan fingerprint density at radius 2 is 1.80 bits per heavy atom. The monoisotopic (exact) mass is 341 g/mol. The van der Waals surface area contributed by atoms with E-state index in [1.807, 2.05) is 12.1 Å². The van der Waals surface area contributed by atoms with E-state index in [4.69, 9.17) is 10.5 Å². The van der Waals surface area contributed by atoms with E-state index < -0.39 is 5.91 Å². The summed E-state index contributed by atoms with van der Waals surface area (Å²) in [4.78, 5) is 22.6. The predicted molar refractivity (Wildman–Crippen MR) is 97.7 cm³/mol. The second-order valence-corrected chi connectivity index (χ2v) is 5.65. The summed E-state index contributed by atoms with van der Waals surface area (Å²) in [5.41, 5.74) is 8.15. The van der Waals surface area contributed by atoms with Crippen LogP contribution in [-0.4, -0.2) is 25.1 Å². The van der Waals surface area contributed by atoms with Crippen molar-refractivity contribution < 1.29 is 14.3 Å². The zero-order valence-electron chi connectivity index (χ0n) is 14.2. The summed E-state index contributed by atoms with van der Waals surface area (Å²) in [5.74, 6) is 0.215. The molecule has 0 aliphatic rings. The maximum Gasteiger partial charge on any atom is 0.319 e. The smallest absolute Gasteiger partial charge is 0.319 e. The zero-order chi connectivity index (χ0) is 18.1. The molecule has 0 bridgehead atoms. The molecule has 0 saturated carbocycles. The van der Waals surface area contributed by atoms with Gasteiger partial charge in [-0.05, 0) is 48.7 Å². The first-order valence-electron chi connectivity index (χ1n) is 8.15. The van der Waals surface area contributed by atoms with Gasteiger partial charge in [-0.15, -0.1) is 0 Å². The normalized spacial score (nSPS) is 10.1. The van der Waals surface area contributed by atoms with E-state index in [1.165, 1.54) is 11.1 Å². The molecule has 0 unspecified atom stereocenters. The third-order valence-electron chi connectivity index (χ3n) is 3.67. The minimum absolute atomic E-state index is 0.170. The summed E-state index contributed by atoms with van der Waals surface area (Å²) in [6.07, 6.45) is 0.954. The van der Waals surface area contributed by atoms with Crippen LogP contribution in [0.4, 0.5) is 10.5 Å². The molecule has 2 rings (SSSR count). The molecule has 25 heavy (non-hydrogen) atoms. The molecule has 2 aromatic carbocycles. The van der Waals surface area contributed by atoms with Crippen molar-refractivity contribution in [3.8, 4) is 5.75 Å². The van der Waals surface area contributed by atoms with E-state index >= 15 is 0 Å². The highest BCUT2D eigenvalue weighted by Crippen LogP contribution is 2.15. The number of hydrogen-bond donors (Lipinski definition) is 3. The van der Waals surface area contributed by atoms with E-state index in [9.17, 15) is 9.59 Å². The van der Waals surface area contributed by atoms with Gasteiger partial charge in [-0.1, -0.05) is 24.3 Å². The molecule has 0 fully saturated rings. The topological polar surface area (TPSA) is 93.4 Å². The zero-order valence-corrected chi connectivity index (χ0v) is 14.2. The molecule has 0 heterocycles. The van der Waals surface area contributed by atoms with Crippen molar-refractivity contribution in [2.45, 2.75) is 19.8 Å². The molecule has 0 atom stereocenters. The Bertz CT molecular complexity index is 714. The summed E-state index contributed by atoms with van der Waals surface area (Å²) < 4.78 is 5.37. The molecule has 0 aromatic heterocycles. The maximum atomic E-state index is 11.9. The van der Waals surface area contributed by atoms with Gasteiger partial charge in [0.15, 0.2) is 0 Å². The number of anilines is 1. The second-order valence-electron chi connectivity index (χ2n) is 5.65. The first-order valence-corrected chi connectivity index (χ1v) is 8.15. The second kappa shape index (κ2) is 9.32. The van der Waals surface area contributed by atoms with Gasteiger partial charge in [0, 0.05) is 12.2 Å². The molecule has 3 amide bonds. The summed E-state index contributed by atoms with van der Waals surface area (Å²) in [6.45, 7) is 2.86. The van der Waals surface area contributed by atoms with E-state index in [2.05, 4.69) is 29.7 Å². The highest BCUT2D eigenvalue weighted by Gasteiger charge is 2.03. The average molecular weight is 341 g/mol. The molecule has 6 nitrogen and oxygen atoms in total. The average Bonchev–Trinajstić information content (AvgIpc) is 2.58. The molecule has 6 heteroatoms. The molecule has 2 aromatic rings. The third kappa shape index (κ3) is 6.55. The van der Waals surface area contributed by atoms with Crippen molar-refractivity contribution in [2.75, 3.05) is 18.5 Å². The summed E-state index contributed by atoms with van der Waals surface area (Å²) >= 11 is 0. The first kappa shape index (κ1) is 18.3. The standard InChI is InChI=1S/C19H23N3O3/c1-14-4-2-3-5-15(14)10-12-21-19(24)22-16-6-8-17(9-7-16)25-13-11-18(20)23/h2-9H,10-13H2,1H3,(H2,20,23)(H2,21,22,24). The van der Waals surface area contributed by atoms with E-state index in [1.54, 1.807) is 24.3 Å². The van der Waals surface area contributed by atoms with Crippen LogP contribution in [0.2, 0.25) is 0 Å². The number of carbonyl (C=O) groups excluding carboxylic acids is 2. The van der Waals surface area contributed by atoms with Gasteiger partial charge in [0.25, 0.3) is 0 Å². The van der Waals surface area contributed by atoms with Gasteiger partial charge in [0.1, 0.15) is 5.75 Å². The number of hydrogen-bond acceptors (Lipinski definition) is 3. The van der Waals surface area contributed by atoms with Crippen LogP contribution in [0.25, 0.3) is 0 Å². The Balaban J connectivity index is 1.73. The molecular weight excluding hydrogens is 318 g/mol. The highest BCUT2D eigenvalue weighted by atomic mass is 16.5. The van der Waals surface area contributed by atoms with E-state index in [0.29, 0.717) is 18.0 Å². The van der Waals surface area contributed by atoms with Crippen molar-refractivity contribution in [2.24, 2.45) is 5.73 Å². The van der Waals surface area contributed by atoms with Gasteiger partial charge in [-0.3, -0.25) is 4.79 Å². The Hall–Kier alpha value is -3.02. The summed E-state index contributed by atoms with van der Waals surface area (Å²) in [5, 5.41) is 5.60. The lowest BCUT2D eigenvalue weighted by molar-refractivity contribution is -0.118. The number of nitrogens with two attached hydrogens (primary N) is 1. The lowest BCUT2D eigenvalue weighted by Gasteiger charge is -2.10. The summed E-state index contributed by atoms with van der Waals surface area (Å²) in [6, 6.07) is 14.8. The van der Waals surface area contributed by atoms with E-state index in [0.717, 1.165) is 6.42 Å². The predicted octanol–water partition coefficient (Wildman–Crippen LogP) is 2.61. The number of nitrogens with one attached hydrogen (secondary N) is 2. The van der Waals surface area contributed by atoms with Crippen LogP contribution in [0.1, 0.15) is 17.5 Å². The number of ether oxygens (including phenoxy) is 1. The van der Waals surface area contributed by atoms with Gasteiger partial charge in [0.2, 0.25) is 5.91 Å². The first-order chi connectivity index (χ1) is 12.0. The quantitative estimate of drug-likeness (QED) is 0.689. The number of urea groups is 1. The number of primary amides is 1. The minimum Gasteiger partial charge on any atom is -0.493 e.